The number of benzene rings is 9. The maximum atomic E-state index is 5.67. The Hall–Kier alpha value is -8.96. The summed E-state index contributed by atoms with van der Waals surface area (Å²) in [6.07, 6.45) is 0. The minimum Gasteiger partial charge on any atom is -0.497 e. The van der Waals surface area contributed by atoms with E-state index in [1.165, 1.54) is 0 Å². The lowest BCUT2D eigenvalue weighted by molar-refractivity contribution is 0.414. The third-order valence-electron chi connectivity index (χ3n) is 14.1. The van der Waals surface area contributed by atoms with Crippen LogP contribution >= 0.6 is 22.7 Å². The van der Waals surface area contributed by atoms with Gasteiger partial charge in [-0.15, -0.1) is 22.7 Å². The highest BCUT2D eigenvalue weighted by Crippen LogP contribution is 2.49. The zero-order valence-electron chi connectivity index (χ0n) is 39.9. The summed E-state index contributed by atoms with van der Waals surface area (Å²) in [5, 5.41) is 6.42. The topological polar surface area (TPSA) is 68.3 Å². The highest BCUT2D eigenvalue weighted by Gasteiger charge is 2.27. The Bertz CT molecular complexity index is 4120. The van der Waals surface area contributed by atoms with Crippen LogP contribution in [0.1, 0.15) is 0 Å². The van der Waals surface area contributed by atoms with Gasteiger partial charge < -0.3 is 27.9 Å². The Morgan fingerprint density at radius 3 is 1.10 bits per heavy atom. The van der Waals surface area contributed by atoms with Crippen molar-refractivity contribution < 1.29 is 14.2 Å². The van der Waals surface area contributed by atoms with Crippen molar-refractivity contribution in [3.05, 3.63) is 206 Å². The van der Waals surface area contributed by atoms with Crippen molar-refractivity contribution in [3.63, 3.8) is 0 Å². The molecule has 9 aromatic carbocycles. The molecule has 73 heavy (non-hydrogen) atoms. The van der Waals surface area contributed by atoms with Gasteiger partial charge >= 0.3 is 0 Å². The van der Waals surface area contributed by atoms with Crippen LogP contribution in [-0.2, 0) is 0 Å². The summed E-state index contributed by atoms with van der Waals surface area (Å²) in [6.45, 7) is 0. The lowest BCUT2D eigenvalue weighted by atomic mass is 10.0. The first-order valence-electron chi connectivity index (χ1n) is 24.1. The summed E-state index contributed by atoms with van der Waals surface area (Å²) in [5.41, 5.74) is 15.8. The Morgan fingerprint density at radius 1 is 0.342 bits per heavy atom. The van der Waals surface area contributed by atoms with Crippen molar-refractivity contribution >= 4 is 86.7 Å². The lowest BCUT2D eigenvalue weighted by Crippen LogP contribution is -1.98. The molecular weight excluding hydrogens is 939 g/mol. The molecule has 14 aromatic rings. The molecule has 14 rings (SSSR count). The summed E-state index contributed by atoms with van der Waals surface area (Å²) in [7, 11) is 5.13. The third-order valence-corrected chi connectivity index (χ3v) is 16.2. The smallest absolute Gasteiger partial charge is 0.127 e. The van der Waals surface area contributed by atoms with Gasteiger partial charge in [-0.3, -0.25) is 0 Å². The first-order valence-corrected chi connectivity index (χ1v) is 25.7. The van der Waals surface area contributed by atoms with E-state index in [0.29, 0.717) is 0 Å². The fourth-order valence-electron chi connectivity index (χ4n) is 10.7. The van der Waals surface area contributed by atoms with Crippen molar-refractivity contribution in [2.75, 3.05) is 21.3 Å². The zero-order chi connectivity index (χ0) is 48.7. The minimum absolute atomic E-state index is 0.800. The molecule has 0 fully saturated rings. The SMILES string of the molecule is COc1ccc(-n2c(-c3ccc4c(c3)c3cc(-c5c(-c6nc7ccccc7s6)c6ccccc6n5-c5ccc(OC)cc5)ccc3n4-c3ccc(OC)cc3)c(-c3nc4ccccc4s3)c3ccccc32)cc1. The van der Waals surface area contributed by atoms with Crippen LogP contribution in [0.5, 0.6) is 17.2 Å². The molecule has 8 nitrogen and oxygen atoms in total. The number of methoxy groups -OCH3 is 3. The molecule has 0 aliphatic carbocycles. The molecule has 0 saturated heterocycles. The van der Waals surface area contributed by atoms with Gasteiger partial charge in [0.2, 0.25) is 0 Å². The average molecular weight is 982 g/mol. The molecule has 0 aliphatic rings. The molecular formula is C63H43N5O3S2. The van der Waals surface area contributed by atoms with E-state index in [1.54, 1.807) is 44.0 Å². The average Bonchev–Trinajstić information content (AvgIpc) is 4.28. The highest BCUT2D eigenvalue weighted by atomic mass is 32.1. The van der Waals surface area contributed by atoms with E-state index in [2.05, 4.69) is 184 Å². The normalized spacial score (nSPS) is 11.8. The molecule has 0 N–H and O–H groups in total. The standard InChI is InChI=1S/C63H43N5O3S2/c1-69-43-28-22-40(23-29-43)66-54-34-20-38(60-58(62-64-50-14-6-10-18-56(50)72-62)46-12-4-8-16-52(46)67(60)41-24-30-44(70-2)31-25-41)36-48(54)49-37-39(21-35-55(49)66)61-59(63-65-51-15-7-11-19-57(51)73-63)47-13-5-9-17-53(47)68(61)42-26-32-45(71-3)33-27-42/h4-37H,1-3H3. The van der Waals surface area contributed by atoms with Crippen molar-refractivity contribution in [2.24, 2.45) is 0 Å². The van der Waals surface area contributed by atoms with Crippen LogP contribution in [0.2, 0.25) is 0 Å². The zero-order valence-corrected chi connectivity index (χ0v) is 41.5. The Balaban J connectivity index is 1.08. The summed E-state index contributed by atoms with van der Waals surface area (Å²) in [4.78, 5) is 10.7. The molecule has 0 aliphatic heterocycles. The second kappa shape index (κ2) is 17.1. The Morgan fingerprint density at radius 2 is 0.699 bits per heavy atom. The molecule has 0 amide bonds. The Kier molecular flexibility index (Phi) is 10.1. The molecule has 5 heterocycles. The van der Waals surface area contributed by atoms with Gasteiger partial charge in [0.05, 0.1) is 75.2 Å². The van der Waals surface area contributed by atoms with Crippen molar-refractivity contribution in [1.82, 2.24) is 23.7 Å². The van der Waals surface area contributed by atoms with E-state index < -0.39 is 0 Å². The van der Waals surface area contributed by atoms with Gasteiger partial charge in [-0.25, -0.2) is 9.97 Å². The van der Waals surface area contributed by atoms with Crippen LogP contribution in [0.4, 0.5) is 0 Å². The van der Waals surface area contributed by atoms with Crippen molar-refractivity contribution in [3.8, 4) is 78.0 Å². The molecule has 350 valence electrons. The van der Waals surface area contributed by atoms with E-state index in [0.717, 1.165) is 142 Å². The molecule has 0 saturated carbocycles. The predicted molar refractivity (Wildman–Crippen MR) is 302 cm³/mol. The second-order valence-corrected chi connectivity index (χ2v) is 20.1. The quantitative estimate of drug-likeness (QED) is 0.137. The maximum absolute atomic E-state index is 5.67. The predicted octanol–water partition coefficient (Wildman–Crippen LogP) is 16.6. The van der Waals surface area contributed by atoms with E-state index in [1.807, 2.05) is 36.4 Å². The summed E-state index contributed by atoms with van der Waals surface area (Å²) in [5.74, 6) is 2.40. The number of thiazole rings is 2. The molecule has 10 heteroatoms. The summed E-state index contributed by atoms with van der Waals surface area (Å²) in [6, 6.07) is 73.1. The first kappa shape index (κ1) is 42.9. The van der Waals surface area contributed by atoms with Crippen molar-refractivity contribution in [2.45, 2.75) is 0 Å². The van der Waals surface area contributed by atoms with Gasteiger partial charge in [0, 0.05) is 60.9 Å². The summed E-state index contributed by atoms with van der Waals surface area (Å²) < 4.78 is 26.4. The third kappa shape index (κ3) is 6.86. The number of fused-ring (bicyclic) bond motifs is 7. The fourth-order valence-corrected chi connectivity index (χ4v) is 12.8. The molecule has 0 radical (unpaired) electrons. The molecule has 0 spiro atoms. The molecule has 0 atom stereocenters. The molecule has 5 aromatic heterocycles. The van der Waals surface area contributed by atoms with E-state index >= 15 is 0 Å². The molecule has 0 unspecified atom stereocenters. The number of hydrogen-bond donors (Lipinski definition) is 0. The van der Waals surface area contributed by atoms with E-state index in [4.69, 9.17) is 24.2 Å². The van der Waals surface area contributed by atoms with Gasteiger partial charge in [-0.2, -0.15) is 0 Å². The van der Waals surface area contributed by atoms with E-state index in [9.17, 15) is 0 Å². The number of aromatic nitrogens is 5. The van der Waals surface area contributed by atoms with Crippen LogP contribution < -0.4 is 14.2 Å². The number of ether oxygens (including phenoxy) is 3. The second-order valence-electron chi connectivity index (χ2n) is 18.0. The first-order chi connectivity index (χ1) is 36.0. The van der Waals surface area contributed by atoms with Crippen LogP contribution in [0.25, 0.3) is 125 Å². The van der Waals surface area contributed by atoms with Crippen molar-refractivity contribution in [1.29, 1.82) is 0 Å². The van der Waals surface area contributed by atoms with Gasteiger partial charge in [-0.1, -0.05) is 72.8 Å². The highest BCUT2D eigenvalue weighted by molar-refractivity contribution is 7.22. The monoisotopic (exact) mass is 981 g/mol. The van der Waals surface area contributed by atoms with Crippen LogP contribution in [0.15, 0.2) is 206 Å². The largest absolute Gasteiger partial charge is 0.497 e. The van der Waals surface area contributed by atoms with Crippen LogP contribution in [-0.4, -0.2) is 45.0 Å². The molecule has 0 bridgehead atoms. The number of hydrogen-bond acceptors (Lipinski definition) is 7. The number of para-hydroxylation sites is 4. The maximum Gasteiger partial charge on any atom is 0.127 e. The van der Waals surface area contributed by atoms with Crippen LogP contribution in [0, 0.1) is 0 Å². The minimum atomic E-state index is 0.800. The van der Waals surface area contributed by atoms with Gasteiger partial charge in [0.15, 0.2) is 0 Å². The van der Waals surface area contributed by atoms with Gasteiger partial charge in [0.25, 0.3) is 0 Å². The lowest BCUT2D eigenvalue weighted by Gasteiger charge is -2.14. The van der Waals surface area contributed by atoms with Gasteiger partial charge in [0.1, 0.15) is 27.3 Å². The van der Waals surface area contributed by atoms with Gasteiger partial charge in [-0.05, 0) is 133 Å². The number of rotatable bonds is 10. The van der Waals surface area contributed by atoms with E-state index in [-0.39, 0.29) is 0 Å². The Labute approximate surface area is 427 Å². The van der Waals surface area contributed by atoms with Crippen LogP contribution in [0.3, 0.4) is 0 Å². The number of nitrogens with zero attached hydrogens (tertiary/aromatic N) is 5. The summed E-state index contributed by atoms with van der Waals surface area (Å²) >= 11 is 3.46. The fraction of sp³-hybridized carbons (Fsp3) is 0.0476.